The maximum absolute atomic E-state index is 14.5. The predicted molar refractivity (Wildman–Crippen MR) is 136 cm³/mol. The first-order chi connectivity index (χ1) is 16.3. The van der Waals surface area contributed by atoms with Gasteiger partial charge in [0.15, 0.2) is 0 Å². The van der Waals surface area contributed by atoms with Crippen molar-refractivity contribution in [2.24, 2.45) is 0 Å². The lowest BCUT2D eigenvalue weighted by molar-refractivity contribution is 0.585. The van der Waals surface area contributed by atoms with Crippen LogP contribution < -0.4 is 5.32 Å². The van der Waals surface area contributed by atoms with Crippen molar-refractivity contribution in [2.75, 3.05) is 5.32 Å². The molecule has 0 saturated heterocycles. The van der Waals surface area contributed by atoms with Gasteiger partial charge in [-0.1, -0.05) is 82.3 Å². The Morgan fingerprint density at radius 2 is 1.35 bits per heavy atom. The van der Waals surface area contributed by atoms with E-state index in [1.165, 1.54) is 23.3 Å². The molecule has 3 aromatic carbocycles. The van der Waals surface area contributed by atoms with E-state index in [0.717, 1.165) is 23.0 Å². The average Bonchev–Trinajstić information content (AvgIpc) is 2.82. The topological polar surface area (TPSA) is 24.9 Å². The molecule has 174 valence electrons. The minimum atomic E-state index is -0.624. The largest absolute Gasteiger partial charge is 0.372 e. The van der Waals surface area contributed by atoms with Gasteiger partial charge in [0.25, 0.3) is 0 Å². The lowest BCUT2D eigenvalue weighted by Crippen LogP contribution is -2.17. The van der Waals surface area contributed by atoms with Crippen LogP contribution in [-0.4, -0.2) is 4.98 Å². The van der Waals surface area contributed by atoms with E-state index in [1.54, 1.807) is 6.07 Å². The summed E-state index contributed by atoms with van der Waals surface area (Å²) < 4.78 is 28.0. The standard InChI is InChI=1S/C30H30F2N2/c1-19(2)23-12-8-13-24(20(3)4)30(23)34-29(21-10-6-5-7-11-21)28-15-9-14-27(33-28)25-17-16-22(31)18-26(25)32/h5-20,29,34H,1-4H3. The number of hydrogen-bond donors (Lipinski definition) is 1. The average molecular weight is 457 g/mol. The molecule has 0 bridgehead atoms. The van der Waals surface area contributed by atoms with Crippen LogP contribution in [0.25, 0.3) is 11.3 Å². The number of rotatable bonds is 7. The molecule has 0 saturated carbocycles. The second-order valence-electron chi connectivity index (χ2n) is 9.18. The van der Waals surface area contributed by atoms with Crippen molar-refractivity contribution in [2.45, 2.75) is 45.6 Å². The van der Waals surface area contributed by atoms with E-state index in [9.17, 15) is 8.78 Å². The molecule has 1 N–H and O–H groups in total. The fraction of sp³-hybridized carbons (Fsp3) is 0.233. The van der Waals surface area contributed by atoms with Gasteiger partial charge in [0.2, 0.25) is 0 Å². The maximum Gasteiger partial charge on any atom is 0.135 e. The van der Waals surface area contributed by atoms with Crippen LogP contribution in [0.1, 0.15) is 68.0 Å². The minimum Gasteiger partial charge on any atom is -0.372 e. The molecule has 34 heavy (non-hydrogen) atoms. The Bertz CT molecular complexity index is 1240. The molecule has 1 atom stereocenters. The first-order valence-electron chi connectivity index (χ1n) is 11.7. The number of pyridine rings is 1. The minimum absolute atomic E-state index is 0.248. The Hall–Kier alpha value is -3.53. The highest BCUT2D eigenvalue weighted by Gasteiger charge is 2.21. The predicted octanol–water partition coefficient (Wildman–Crippen LogP) is 8.48. The van der Waals surface area contributed by atoms with Gasteiger partial charge in [0.1, 0.15) is 11.6 Å². The molecule has 2 nitrogen and oxygen atoms in total. The molecule has 4 rings (SSSR count). The van der Waals surface area contributed by atoms with E-state index in [-0.39, 0.29) is 11.6 Å². The molecular formula is C30H30F2N2. The summed E-state index contributed by atoms with van der Waals surface area (Å²) in [5.41, 5.74) is 6.17. The fourth-order valence-corrected chi connectivity index (χ4v) is 4.30. The Morgan fingerprint density at radius 1 is 0.706 bits per heavy atom. The summed E-state index contributed by atoms with van der Waals surface area (Å²) >= 11 is 0. The number of hydrogen-bond acceptors (Lipinski definition) is 2. The molecular weight excluding hydrogens is 426 g/mol. The van der Waals surface area contributed by atoms with E-state index in [0.29, 0.717) is 17.5 Å². The van der Waals surface area contributed by atoms with Gasteiger partial charge in [0, 0.05) is 17.3 Å². The van der Waals surface area contributed by atoms with Gasteiger partial charge in [-0.2, -0.15) is 0 Å². The van der Waals surface area contributed by atoms with Crippen molar-refractivity contribution in [3.63, 3.8) is 0 Å². The van der Waals surface area contributed by atoms with Crippen molar-refractivity contribution in [3.05, 3.63) is 119 Å². The smallest absolute Gasteiger partial charge is 0.135 e. The highest BCUT2D eigenvalue weighted by atomic mass is 19.1. The molecule has 1 aromatic heterocycles. The van der Waals surface area contributed by atoms with E-state index in [2.05, 4.69) is 63.3 Å². The van der Waals surface area contributed by atoms with Crippen LogP contribution in [0, 0.1) is 11.6 Å². The van der Waals surface area contributed by atoms with Crippen LogP contribution in [-0.2, 0) is 0 Å². The summed E-state index contributed by atoms with van der Waals surface area (Å²) in [4.78, 5) is 4.83. The molecule has 0 fully saturated rings. The van der Waals surface area contributed by atoms with Crippen LogP contribution in [0.5, 0.6) is 0 Å². The lowest BCUT2D eigenvalue weighted by Gasteiger charge is -2.27. The normalized spacial score (nSPS) is 12.2. The van der Waals surface area contributed by atoms with Crippen LogP contribution >= 0.6 is 0 Å². The fourth-order valence-electron chi connectivity index (χ4n) is 4.30. The van der Waals surface area contributed by atoms with Crippen LogP contribution in [0.15, 0.2) is 84.9 Å². The first-order valence-corrected chi connectivity index (χ1v) is 11.7. The molecule has 1 unspecified atom stereocenters. The third kappa shape index (κ3) is 5.01. The van der Waals surface area contributed by atoms with Gasteiger partial charge in [-0.15, -0.1) is 0 Å². The Balaban J connectivity index is 1.85. The second-order valence-corrected chi connectivity index (χ2v) is 9.18. The van der Waals surface area contributed by atoms with Crippen LogP contribution in [0.3, 0.4) is 0 Å². The molecule has 0 aliphatic rings. The zero-order valence-electron chi connectivity index (χ0n) is 20.0. The monoisotopic (exact) mass is 456 g/mol. The Labute approximate surface area is 200 Å². The summed E-state index contributed by atoms with van der Waals surface area (Å²) in [6.45, 7) is 8.77. The number of nitrogens with zero attached hydrogens (tertiary/aromatic N) is 1. The number of nitrogens with one attached hydrogen (secondary N) is 1. The number of aromatic nitrogens is 1. The van der Waals surface area contributed by atoms with E-state index in [4.69, 9.17) is 4.98 Å². The van der Waals surface area contributed by atoms with Gasteiger partial charge >= 0.3 is 0 Å². The second kappa shape index (κ2) is 10.2. The zero-order valence-corrected chi connectivity index (χ0v) is 20.0. The maximum atomic E-state index is 14.5. The zero-order chi connectivity index (χ0) is 24.2. The Morgan fingerprint density at radius 3 is 1.97 bits per heavy atom. The molecule has 4 aromatic rings. The van der Waals surface area contributed by atoms with Crippen molar-refractivity contribution in [3.8, 4) is 11.3 Å². The number of halogens is 2. The molecule has 0 spiro atoms. The number of para-hydroxylation sites is 1. The SMILES string of the molecule is CC(C)c1cccc(C(C)C)c1NC(c1ccccc1)c1cccc(-c2ccc(F)cc2F)n1. The van der Waals surface area contributed by atoms with Crippen molar-refractivity contribution < 1.29 is 8.78 Å². The highest BCUT2D eigenvalue weighted by Crippen LogP contribution is 2.37. The highest BCUT2D eigenvalue weighted by molar-refractivity contribution is 5.63. The van der Waals surface area contributed by atoms with Crippen molar-refractivity contribution >= 4 is 5.69 Å². The van der Waals surface area contributed by atoms with Gasteiger partial charge in [-0.3, -0.25) is 4.98 Å². The van der Waals surface area contributed by atoms with Crippen LogP contribution in [0.4, 0.5) is 14.5 Å². The van der Waals surface area contributed by atoms with E-state index < -0.39 is 11.6 Å². The third-order valence-electron chi connectivity index (χ3n) is 6.07. The number of benzene rings is 3. The van der Waals surface area contributed by atoms with Crippen LogP contribution in [0.2, 0.25) is 0 Å². The van der Waals surface area contributed by atoms with Crippen molar-refractivity contribution in [1.29, 1.82) is 0 Å². The van der Waals surface area contributed by atoms with Gasteiger partial charge in [0.05, 0.1) is 17.4 Å². The van der Waals surface area contributed by atoms with Crippen molar-refractivity contribution in [1.82, 2.24) is 4.98 Å². The quantitative estimate of drug-likeness (QED) is 0.302. The first kappa shape index (κ1) is 23.6. The summed E-state index contributed by atoms with van der Waals surface area (Å²) in [5.74, 6) is -0.552. The van der Waals surface area contributed by atoms with Gasteiger partial charge in [-0.25, -0.2) is 8.78 Å². The molecule has 1 heterocycles. The Kier molecular flexibility index (Phi) is 7.06. The van der Waals surface area contributed by atoms with Gasteiger partial charge in [-0.05, 0) is 52.8 Å². The molecule has 0 amide bonds. The molecule has 4 heteroatoms. The summed E-state index contributed by atoms with van der Waals surface area (Å²) in [6, 6.07) is 25.5. The lowest BCUT2D eigenvalue weighted by atomic mass is 9.91. The van der Waals surface area contributed by atoms with E-state index >= 15 is 0 Å². The third-order valence-corrected chi connectivity index (χ3v) is 6.07. The molecule has 0 aliphatic carbocycles. The number of anilines is 1. The summed E-state index contributed by atoms with van der Waals surface area (Å²) in [6.07, 6.45) is 0. The van der Waals surface area contributed by atoms with E-state index in [1.807, 2.05) is 30.3 Å². The molecule has 0 radical (unpaired) electrons. The summed E-state index contributed by atoms with van der Waals surface area (Å²) in [5, 5.41) is 3.80. The summed E-state index contributed by atoms with van der Waals surface area (Å²) in [7, 11) is 0. The van der Waals surface area contributed by atoms with Gasteiger partial charge < -0.3 is 5.32 Å². The molecule has 0 aliphatic heterocycles.